The molecule has 0 bridgehead atoms. The number of rotatable bonds is 2. The molecule has 2 heterocycles. The van der Waals surface area contributed by atoms with Crippen LogP contribution in [0.5, 0.6) is 0 Å². The van der Waals surface area contributed by atoms with Gasteiger partial charge >= 0.3 is 0 Å². The lowest BCUT2D eigenvalue weighted by Crippen LogP contribution is -2.31. The van der Waals surface area contributed by atoms with E-state index in [-0.39, 0.29) is 5.41 Å². The van der Waals surface area contributed by atoms with Gasteiger partial charge in [-0.3, -0.25) is 0 Å². The predicted molar refractivity (Wildman–Crippen MR) is 81.6 cm³/mol. The molecule has 0 amide bonds. The van der Waals surface area contributed by atoms with Crippen molar-refractivity contribution in [3.05, 3.63) is 34.1 Å². The third kappa shape index (κ3) is 2.00. The topological polar surface area (TPSA) is 51.0 Å². The van der Waals surface area contributed by atoms with Gasteiger partial charge in [-0.25, -0.2) is 0 Å². The molecule has 110 valence electrons. The summed E-state index contributed by atoms with van der Waals surface area (Å²) in [5.74, 6) is 1.79. The molecule has 6 heteroatoms. The first-order valence-corrected chi connectivity index (χ1v) is 7.95. The molecule has 1 aromatic heterocycles. The molecule has 0 unspecified atom stereocenters. The number of halogens is 2. The van der Waals surface area contributed by atoms with Gasteiger partial charge in [0.15, 0.2) is 0 Å². The Morgan fingerprint density at radius 1 is 1.29 bits per heavy atom. The maximum absolute atomic E-state index is 6.22. The quantitative estimate of drug-likeness (QED) is 0.915. The van der Waals surface area contributed by atoms with Gasteiger partial charge in [0, 0.05) is 6.54 Å². The highest BCUT2D eigenvalue weighted by Crippen LogP contribution is 2.47. The van der Waals surface area contributed by atoms with E-state index in [2.05, 4.69) is 15.5 Å². The average molecular weight is 324 g/mol. The predicted octanol–water partition coefficient (Wildman–Crippen LogP) is 3.68. The van der Waals surface area contributed by atoms with Crippen molar-refractivity contribution in [2.24, 2.45) is 5.92 Å². The number of nitrogens with one attached hydrogen (secondary N) is 1. The van der Waals surface area contributed by atoms with Crippen LogP contribution in [0.15, 0.2) is 22.7 Å². The zero-order chi connectivity index (χ0) is 14.4. The molecule has 1 saturated heterocycles. The smallest absolute Gasteiger partial charge is 0.234 e. The summed E-state index contributed by atoms with van der Waals surface area (Å²) in [5, 5.41) is 8.66. The van der Waals surface area contributed by atoms with E-state index >= 15 is 0 Å². The SMILES string of the molecule is Clc1cccc(Cl)c1-c1noc([C@@]23CCC[C@@H]2CNC3)n1. The van der Waals surface area contributed by atoms with Crippen LogP contribution in [0.4, 0.5) is 0 Å². The van der Waals surface area contributed by atoms with Crippen LogP contribution in [-0.4, -0.2) is 23.2 Å². The minimum atomic E-state index is -0.00101. The summed E-state index contributed by atoms with van der Waals surface area (Å²) in [6.07, 6.45) is 3.54. The zero-order valence-corrected chi connectivity index (χ0v) is 12.9. The average Bonchev–Trinajstić information content (AvgIpc) is 3.12. The van der Waals surface area contributed by atoms with Crippen molar-refractivity contribution in [1.29, 1.82) is 0 Å². The van der Waals surface area contributed by atoms with E-state index in [1.807, 2.05) is 6.07 Å². The summed E-state index contributed by atoms with van der Waals surface area (Å²) < 4.78 is 5.60. The van der Waals surface area contributed by atoms with Crippen LogP contribution in [0.2, 0.25) is 10.0 Å². The number of aromatic nitrogens is 2. The van der Waals surface area contributed by atoms with Crippen LogP contribution in [0.1, 0.15) is 25.2 Å². The lowest BCUT2D eigenvalue weighted by atomic mass is 9.80. The fourth-order valence-corrected chi connectivity index (χ4v) is 4.31. The van der Waals surface area contributed by atoms with Gasteiger partial charge in [-0.2, -0.15) is 4.98 Å². The molecule has 2 aromatic rings. The Morgan fingerprint density at radius 3 is 2.90 bits per heavy atom. The van der Waals surface area contributed by atoms with Crippen molar-refractivity contribution < 1.29 is 4.52 Å². The second-order valence-electron chi connectivity index (χ2n) is 5.90. The van der Waals surface area contributed by atoms with Crippen molar-refractivity contribution in [3.8, 4) is 11.4 Å². The highest BCUT2D eigenvalue weighted by molar-refractivity contribution is 6.38. The molecule has 0 radical (unpaired) electrons. The molecule has 2 atom stereocenters. The summed E-state index contributed by atoms with van der Waals surface area (Å²) in [5.41, 5.74) is 0.645. The number of hydrogen-bond acceptors (Lipinski definition) is 4. The van der Waals surface area contributed by atoms with Crippen LogP contribution < -0.4 is 5.32 Å². The van der Waals surface area contributed by atoms with E-state index in [9.17, 15) is 0 Å². The standard InChI is InChI=1S/C15H15Cl2N3O/c16-10-4-1-5-11(17)12(10)13-19-14(21-20-13)15-6-2-3-9(15)7-18-8-15/h1,4-5,9,18H,2-3,6-8H2/t9-,15-/m1/s1. The Balaban J connectivity index is 1.77. The molecule has 1 N–H and O–H groups in total. The first-order chi connectivity index (χ1) is 10.2. The molecule has 1 aliphatic heterocycles. The van der Waals surface area contributed by atoms with Gasteiger partial charge in [-0.1, -0.05) is 40.8 Å². The molecular formula is C15H15Cl2N3O. The lowest BCUT2D eigenvalue weighted by Gasteiger charge is -2.22. The zero-order valence-electron chi connectivity index (χ0n) is 11.4. The van der Waals surface area contributed by atoms with E-state index in [1.165, 1.54) is 12.8 Å². The molecular weight excluding hydrogens is 309 g/mol. The third-order valence-electron chi connectivity index (χ3n) is 4.83. The fraction of sp³-hybridized carbons (Fsp3) is 0.467. The Bertz CT molecular complexity index is 655. The van der Waals surface area contributed by atoms with Gasteiger partial charge in [0.2, 0.25) is 11.7 Å². The maximum Gasteiger partial charge on any atom is 0.234 e. The monoisotopic (exact) mass is 323 g/mol. The Hall–Kier alpha value is -1.10. The number of hydrogen-bond donors (Lipinski definition) is 1. The number of nitrogens with zero attached hydrogens (tertiary/aromatic N) is 2. The molecule has 2 fully saturated rings. The second-order valence-corrected chi connectivity index (χ2v) is 6.71. The number of fused-ring (bicyclic) bond motifs is 1. The van der Waals surface area contributed by atoms with Crippen LogP contribution in [0, 0.1) is 5.92 Å². The Morgan fingerprint density at radius 2 is 2.10 bits per heavy atom. The molecule has 0 spiro atoms. The van der Waals surface area contributed by atoms with Gasteiger partial charge in [0.05, 0.1) is 21.0 Å². The van der Waals surface area contributed by atoms with E-state index < -0.39 is 0 Å². The van der Waals surface area contributed by atoms with Gasteiger partial charge < -0.3 is 9.84 Å². The number of benzene rings is 1. The van der Waals surface area contributed by atoms with Gasteiger partial charge in [-0.05, 0) is 37.4 Å². The van der Waals surface area contributed by atoms with Crippen LogP contribution in [0.25, 0.3) is 11.4 Å². The maximum atomic E-state index is 6.22. The van der Waals surface area contributed by atoms with E-state index in [4.69, 9.17) is 27.7 Å². The van der Waals surface area contributed by atoms with Gasteiger partial charge in [0.1, 0.15) is 0 Å². The van der Waals surface area contributed by atoms with E-state index in [0.717, 1.165) is 25.4 Å². The van der Waals surface area contributed by atoms with Gasteiger partial charge in [-0.15, -0.1) is 0 Å². The third-order valence-corrected chi connectivity index (χ3v) is 5.46. The largest absolute Gasteiger partial charge is 0.338 e. The molecule has 21 heavy (non-hydrogen) atoms. The summed E-state index contributed by atoms with van der Waals surface area (Å²) in [4.78, 5) is 4.63. The van der Waals surface area contributed by atoms with E-state index in [1.54, 1.807) is 12.1 Å². The van der Waals surface area contributed by atoms with Crippen molar-refractivity contribution in [1.82, 2.24) is 15.5 Å². The summed E-state index contributed by atoms with van der Waals surface area (Å²) in [6, 6.07) is 5.38. The van der Waals surface area contributed by atoms with E-state index in [0.29, 0.717) is 27.4 Å². The van der Waals surface area contributed by atoms with Crippen molar-refractivity contribution >= 4 is 23.2 Å². The highest BCUT2D eigenvalue weighted by Gasteiger charge is 2.51. The fourth-order valence-electron chi connectivity index (χ4n) is 3.74. The molecule has 4 rings (SSSR count). The molecule has 2 aliphatic rings. The normalized spacial score (nSPS) is 28.0. The van der Waals surface area contributed by atoms with Crippen LogP contribution in [-0.2, 0) is 5.41 Å². The van der Waals surface area contributed by atoms with Crippen LogP contribution >= 0.6 is 23.2 Å². The second kappa shape index (κ2) is 4.97. The summed E-state index contributed by atoms with van der Waals surface area (Å²) >= 11 is 12.4. The summed E-state index contributed by atoms with van der Waals surface area (Å²) in [6.45, 7) is 1.94. The first-order valence-electron chi connectivity index (χ1n) is 7.20. The molecule has 1 saturated carbocycles. The Labute approximate surface area is 132 Å². The molecule has 1 aromatic carbocycles. The minimum Gasteiger partial charge on any atom is -0.338 e. The van der Waals surface area contributed by atoms with Crippen molar-refractivity contribution in [3.63, 3.8) is 0 Å². The first kappa shape index (κ1) is 13.6. The molecule has 4 nitrogen and oxygen atoms in total. The summed E-state index contributed by atoms with van der Waals surface area (Å²) in [7, 11) is 0. The highest BCUT2D eigenvalue weighted by atomic mass is 35.5. The van der Waals surface area contributed by atoms with Crippen LogP contribution in [0.3, 0.4) is 0 Å². The van der Waals surface area contributed by atoms with Crippen molar-refractivity contribution in [2.45, 2.75) is 24.7 Å². The van der Waals surface area contributed by atoms with Crippen molar-refractivity contribution in [2.75, 3.05) is 13.1 Å². The minimum absolute atomic E-state index is 0.00101. The molecule has 1 aliphatic carbocycles. The lowest BCUT2D eigenvalue weighted by molar-refractivity contribution is 0.265. The van der Waals surface area contributed by atoms with Gasteiger partial charge in [0.25, 0.3) is 0 Å². The Kier molecular flexibility index (Phi) is 3.21.